The van der Waals surface area contributed by atoms with Gasteiger partial charge < -0.3 is 17.7 Å². The Morgan fingerprint density at radius 3 is 2.16 bits per heavy atom. The minimum Gasteiger partial charge on any atom is -0.493 e. The lowest BCUT2D eigenvalue weighted by atomic mass is 10.0. The lowest BCUT2D eigenvalue weighted by Crippen LogP contribution is -1.86. The molecule has 0 spiro atoms. The smallest absolute Gasteiger partial charge is 0.453 e. The van der Waals surface area contributed by atoms with E-state index >= 15 is 0 Å². The van der Waals surface area contributed by atoms with Gasteiger partial charge in [0.1, 0.15) is 11.3 Å². The highest BCUT2D eigenvalue weighted by atomic mass is 31.1. The molecule has 0 aliphatic rings. The highest BCUT2D eigenvalue weighted by Crippen LogP contribution is 2.42. The second-order valence-electron chi connectivity index (χ2n) is 7.78. The molecule has 0 amide bonds. The number of methoxy groups -OCH3 is 1. The number of rotatable bonds is 3. The van der Waals surface area contributed by atoms with E-state index in [1.807, 2.05) is 43.3 Å². The standard InChI is InChI=1S/C26H23O4P/c1-16-12-18(3)25-21(13-16)22-14-17(2)15-24(27-4)26(22)30-31(29-25)28-23-11-7-9-19-8-5-6-10-20(19)23/h5-15H,1-4H3. The first kappa shape index (κ1) is 19.6. The third kappa shape index (κ3) is 3.54. The van der Waals surface area contributed by atoms with E-state index < -0.39 is 8.24 Å². The summed E-state index contributed by atoms with van der Waals surface area (Å²) < 4.78 is 24.8. The van der Waals surface area contributed by atoms with Gasteiger partial charge in [0.25, 0.3) is 0 Å². The zero-order valence-corrected chi connectivity index (χ0v) is 18.8. The van der Waals surface area contributed by atoms with Crippen molar-refractivity contribution in [1.29, 1.82) is 0 Å². The molecule has 0 radical (unpaired) electrons. The number of hydrogen-bond acceptors (Lipinski definition) is 4. The summed E-state index contributed by atoms with van der Waals surface area (Å²) in [5.74, 6) is 1.39. The SMILES string of the molecule is COc1cc(C)cc2c1op(Oc1cccc3ccccc13)oc1c(C)cc(C)cc12. The van der Waals surface area contributed by atoms with Gasteiger partial charge in [0, 0.05) is 16.2 Å². The first-order chi connectivity index (χ1) is 15.0. The molecule has 5 aromatic rings. The molecule has 31 heavy (non-hydrogen) atoms. The Labute approximate surface area is 181 Å². The molecule has 156 valence electrons. The topological polar surface area (TPSA) is 44.7 Å². The number of benzene rings is 4. The van der Waals surface area contributed by atoms with E-state index in [-0.39, 0.29) is 0 Å². The maximum atomic E-state index is 6.38. The van der Waals surface area contributed by atoms with E-state index in [9.17, 15) is 0 Å². The van der Waals surface area contributed by atoms with E-state index in [2.05, 4.69) is 44.2 Å². The molecule has 1 heterocycles. The Kier molecular flexibility index (Phi) is 4.88. The summed E-state index contributed by atoms with van der Waals surface area (Å²) in [6.07, 6.45) is 0. The van der Waals surface area contributed by atoms with Crippen LogP contribution in [0.3, 0.4) is 0 Å². The maximum absolute atomic E-state index is 6.38. The van der Waals surface area contributed by atoms with Crippen LogP contribution >= 0.6 is 8.24 Å². The van der Waals surface area contributed by atoms with Crippen LogP contribution in [-0.2, 0) is 0 Å². The van der Waals surface area contributed by atoms with Gasteiger partial charge in [-0.25, -0.2) is 0 Å². The van der Waals surface area contributed by atoms with Crippen LogP contribution in [0.4, 0.5) is 0 Å². The van der Waals surface area contributed by atoms with Crippen molar-refractivity contribution in [2.45, 2.75) is 20.8 Å². The van der Waals surface area contributed by atoms with Crippen LogP contribution < -0.4 is 9.26 Å². The summed E-state index contributed by atoms with van der Waals surface area (Å²) in [6.45, 7) is 6.18. The molecule has 0 N–H and O–H groups in total. The summed E-state index contributed by atoms with van der Waals surface area (Å²) in [7, 11) is -0.105. The fourth-order valence-electron chi connectivity index (χ4n) is 4.02. The average Bonchev–Trinajstić information content (AvgIpc) is 2.91. The molecule has 0 saturated carbocycles. The van der Waals surface area contributed by atoms with Gasteiger partial charge in [0.05, 0.1) is 7.11 Å². The zero-order valence-electron chi connectivity index (χ0n) is 17.9. The van der Waals surface area contributed by atoms with Gasteiger partial charge in [-0.1, -0.05) is 42.5 Å². The van der Waals surface area contributed by atoms with Gasteiger partial charge in [-0.2, -0.15) is 0 Å². The lowest BCUT2D eigenvalue weighted by molar-refractivity contribution is 0.410. The van der Waals surface area contributed by atoms with Crippen molar-refractivity contribution in [3.05, 3.63) is 83.4 Å². The summed E-state index contributed by atoms with van der Waals surface area (Å²) >= 11 is 0. The van der Waals surface area contributed by atoms with E-state index in [1.54, 1.807) is 7.11 Å². The fraction of sp³-hybridized carbons (Fsp3) is 0.154. The summed E-state index contributed by atoms with van der Waals surface area (Å²) in [4.78, 5) is 0. The van der Waals surface area contributed by atoms with Gasteiger partial charge >= 0.3 is 8.24 Å². The number of hydrogen-bond donors (Lipinski definition) is 0. The molecule has 1 unspecified atom stereocenters. The van der Waals surface area contributed by atoms with Crippen molar-refractivity contribution < 1.29 is 17.7 Å². The summed E-state index contributed by atoms with van der Waals surface area (Å²) in [5, 5.41) is 4.05. The lowest BCUT2D eigenvalue weighted by Gasteiger charge is -2.07. The van der Waals surface area contributed by atoms with Gasteiger partial charge in [0.15, 0.2) is 11.3 Å². The van der Waals surface area contributed by atoms with Crippen molar-refractivity contribution in [2.75, 3.05) is 7.11 Å². The summed E-state index contributed by atoms with van der Waals surface area (Å²) in [5.41, 5.74) is 4.71. The number of fused-ring (bicyclic) bond motifs is 4. The van der Waals surface area contributed by atoms with Crippen LogP contribution in [0.25, 0.3) is 32.7 Å². The molecule has 4 aromatic carbocycles. The van der Waals surface area contributed by atoms with Crippen LogP contribution in [0.2, 0.25) is 0 Å². The number of aryl methyl sites for hydroxylation is 3. The largest absolute Gasteiger partial charge is 0.493 e. The molecule has 0 fully saturated rings. The quantitative estimate of drug-likeness (QED) is 0.289. The second-order valence-corrected chi connectivity index (χ2v) is 8.77. The minimum atomic E-state index is -1.76. The predicted octanol–water partition coefficient (Wildman–Crippen LogP) is 8.22. The highest BCUT2D eigenvalue weighted by Gasteiger charge is 2.15. The van der Waals surface area contributed by atoms with Crippen molar-refractivity contribution in [3.63, 3.8) is 0 Å². The van der Waals surface area contributed by atoms with Crippen molar-refractivity contribution in [2.24, 2.45) is 0 Å². The first-order valence-electron chi connectivity index (χ1n) is 10.2. The maximum Gasteiger partial charge on any atom is 0.453 e. The molecule has 1 aromatic heterocycles. The molecular weight excluding hydrogens is 407 g/mol. The third-order valence-electron chi connectivity index (χ3n) is 5.38. The highest BCUT2D eigenvalue weighted by molar-refractivity contribution is 7.32. The van der Waals surface area contributed by atoms with Crippen LogP contribution in [-0.4, -0.2) is 7.11 Å². The van der Waals surface area contributed by atoms with Gasteiger partial charge in [0.2, 0.25) is 0 Å². The monoisotopic (exact) mass is 430 g/mol. The molecular formula is C26H23O4P. The minimum absolute atomic E-state index is 0.642. The van der Waals surface area contributed by atoms with Gasteiger partial charge in [-0.3, -0.25) is 0 Å². The van der Waals surface area contributed by atoms with Crippen LogP contribution in [0.5, 0.6) is 11.5 Å². The molecule has 0 aliphatic carbocycles. The molecule has 5 rings (SSSR count). The van der Waals surface area contributed by atoms with Crippen molar-refractivity contribution in [1.82, 2.24) is 0 Å². The van der Waals surface area contributed by atoms with Crippen molar-refractivity contribution in [3.8, 4) is 11.5 Å². The van der Waals surface area contributed by atoms with Crippen LogP contribution in [0.15, 0.2) is 75.1 Å². The molecule has 0 bridgehead atoms. The van der Waals surface area contributed by atoms with E-state index in [0.29, 0.717) is 11.3 Å². The van der Waals surface area contributed by atoms with Crippen molar-refractivity contribution >= 4 is 41.0 Å². The third-order valence-corrected chi connectivity index (χ3v) is 6.39. The Balaban J connectivity index is 1.85. The van der Waals surface area contributed by atoms with E-state index in [0.717, 1.165) is 49.6 Å². The average molecular weight is 430 g/mol. The Morgan fingerprint density at radius 1 is 0.677 bits per heavy atom. The first-order valence-corrected chi connectivity index (χ1v) is 11.2. The van der Waals surface area contributed by atoms with Crippen LogP contribution in [0, 0.1) is 20.8 Å². The fourth-order valence-corrected chi connectivity index (χ4v) is 5.18. The zero-order chi connectivity index (χ0) is 21.5. The normalized spacial score (nSPS) is 11.8. The molecule has 1 atom stereocenters. The molecule has 0 aliphatic heterocycles. The van der Waals surface area contributed by atoms with Gasteiger partial charge in [-0.05, 0) is 67.1 Å². The van der Waals surface area contributed by atoms with Crippen LogP contribution in [0.1, 0.15) is 16.7 Å². The Hall–Kier alpha value is -3.36. The molecule has 4 nitrogen and oxygen atoms in total. The predicted molar refractivity (Wildman–Crippen MR) is 127 cm³/mol. The Morgan fingerprint density at radius 2 is 1.35 bits per heavy atom. The molecule has 5 heteroatoms. The molecule has 0 saturated heterocycles. The Bertz CT molecular complexity index is 1480. The van der Waals surface area contributed by atoms with E-state index in [1.165, 1.54) is 0 Å². The summed E-state index contributed by atoms with van der Waals surface area (Å²) in [6, 6.07) is 22.4. The number of ether oxygens (including phenoxy) is 1. The second kappa shape index (κ2) is 7.72. The van der Waals surface area contributed by atoms with E-state index in [4.69, 9.17) is 17.7 Å². The van der Waals surface area contributed by atoms with Gasteiger partial charge in [-0.15, -0.1) is 0 Å².